The number of aromatic amines is 1. The summed E-state index contributed by atoms with van der Waals surface area (Å²) in [5.74, 6) is 1.62. The lowest BCUT2D eigenvalue weighted by molar-refractivity contribution is -0.137. The van der Waals surface area contributed by atoms with Gasteiger partial charge in [0.05, 0.1) is 5.92 Å². The largest absolute Gasteiger partial charge is 0.454 e. The van der Waals surface area contributed by atoms with Gasteiger partial charge < -0.3 is 24.3 Å². The van der Waals surface area contributed by atoms with Crippen molar-refractivity contribution < 1.29 is 14.3 Å². The predicted octanol–water partition coefficient (Wildman–Crippen LogP) is 5.14. The Morgan fingerprint density at radius 1 is 0.929 bits per heavy atom. The Bertz CT molecular complexity index is 1680. The molecule has 4 heterocycles. The molecule has 216 valence electrons. The van der Waals surface area contributed by atoms with Crippen LogP contribution in [-0.4, -0.2) is 66.8 Å². The minimum absolute atomic E-state index is 0.145. The molecule has 3 aliphatic heterocycles. The van der Waals surface area contributed by atoms with Crippen LogP contribution in [0.3, 0.4) is 0 Å². The Morgan fingerprint density at radius 2 is 1.74 bits per heavy atom. The van der Waals surface area contributed by atoms with Crippen molar-refractivity contribution in [2.75, 3.05) is 51.0 Å². The number of amides is 1. The van der Waals surface area contributed by atoms with Crippen molar-refractivity contribution in [3.8, 4) is 22.6 Å². The zero-order chi connectivity index (χ0) is 28.6. The summed E-state index contributed by atoms with van der Waals surface area (Å²) in [6.07, 6.45) is 1.67. The molecule has 0 spiro atoms. The Kier molecular flexibility index (Phi) is 7.25. The van der Waals surface area contributed by atoms with Crippen molar-refractivity contribution in [3.05, 3.63) is 87.7 Å². The fraction of sp³-hybridized carbons (Fsp3) is 0.333. The van der Waals surface area contributed by atoms with Gasteiger partial charge in [-0.2, -0.15) is 0 Å². The molecule has 0 radical (unpaired) electrons. The first kappa shape index (κ1) is 26.9. The third-order valence-corrected chi connectivity index (χ3v) is 8.86. The van der Waals surface area contributed by atoms with Crippen molar-refractivity contribution in [3.63, 3.8) is 0 Å². The number of nitrogens with one attached hydrogen (secondary N) is 1. The highest BCUT2D eigenvalue weighted by molar-refractivity contribution is 6.31. The molecule has 3 aromatic carbocycles. The standard InChI is InChI=1S/C33H33ClN4O4/c34-25-9-10-27-26(18-25)30(23-5-2-1-3-6-23)31(32(39)35-27)38-12-4-7-24(20-38)33(40)37-15-13-36(14-16-37)19-22-8-11-28-29(17-22)42-21-41-28/h1-3,5-6,8-11,17-18,24H,4,7,12-16,19-21H2,(H,35,39)/t24-/m1/s1. The van der Waals surface area contributed by atoms with E-state index in [4.69, 9.17) is 21.1 Å². The first-order valence-corrected chi connectivity index (χ1v) is 15.0. The molecule has 2 fully saturated rings. The lowest BCUT2D eigenvalue weighted by Gasteiger charge is -2.39. The summed E-state index contributed by atoms with van der Waals surface area (Å²) in [6.45, 7) is 5.36. The van der Waals surface area contributed by atoms with Crippen molar-refractivity contribution in [1.82, 2.24) is 14.8 Å². The number of carbonyl (C=O) groups is 1. The smallest absolute Gasteiger partial charge is 0.272 e. The van der Waals surface area contributed by atoms with Crippen LogP contribution in [0.4, 0.5) is 5.69 Å². The minimum Gasteiger partial charge on any atom is -0.454 e. The number of aromatic nitrogens is 1. The lowest BCUT2D eigenvalue weighted by atomic mass is 9.93. The van der Waals surface area contributed by atoms with Gasteiger partial charge in [-0.15, -0.1) is 0 Å². The zero-order valence-corrected chi connectivity index (χ0v) is 24.1. The van der Waals surface area contributed by atoms with E-state index in [2.05, 4.69) is 20.9 Å². The second-order valence-corrected chi connectivity index (χ2v) is 11.7. The van der Waals surface area contributed by atoms with Crippen molar-refractivity contribution in [2.24, 2.45) is 5.92 Å². The number of anilines is 1. The molecule has 1 atom stereocenters. The van der Waals surface area contributed by atoms with Gasteiger partial charge in [-0.3, -0.25) is 14.5 Å². The van der Waals surface area contributed by atoms with Gasteiger partial charge in [0.1, 0.15) is 5.69 Å². The van der Waals surface area contributed by atoms with Crippen molar-refractivity contribution in [2.45, 2.75) is 19.4 Å². The summed E-state index contributed by atoms with van der Waals surface area (Å²) in [7, 11) is 0. The van der Waals surface area contributed by atoms with E-state index in [1.165, 1.54) is 5.56 Å². The molecule has 4 aromatic rings. The molecule has 9 heteroatoms. The Balaban J connectivity index is 1.08. The molecule has 1 N–H and O–H groups in total. The molecular weight excluding hydrogens is 552 g/mol. The number of ether oxygens (including phenoxy) is 2. The van der Waals surface area contributed by atoms with E-state index in [9.17, 15) is 9.59 Å². The SMILES string of the molecule is O=C([C@@H]1CCCN(c2c(-c3ccccc3)c3cc(Cl)ccc3[nH]c2=O)C1)N1CCN(Cc2ccc3c(c2)OCO3)CC1. The predicted molar refractivity (Wildman–Crippen MR) is 164 cm³/mol. The first-order chi connectivity index (χ1) is 20.5. The van der Waals surface area contributed by atoms with Gasteiger partial charge in [0, 0.05) is 67.3 Å². The van der Waals surface area contributed by atoms with Crippen LogP contribution >= 0.6 is 11.6 Å². The van der Waals surface area contributed by atoms with Gasteiger partial charge in [-0.1, -0.05) is 48.0 Å². The van der Waals surface area contributed by atoms with Crippen LogP contribution < -0.4 is 19.9 Å². The number of fused-ring (bicyclic) bond motifs is 2. The Hall–Kier alpha value is -4.01. The van der Waals surface area contributed by atoms with Gasteiger partial charge in [0.15, 0.2) is 11.5 Å². The van der Waals surface area contributed by atoms with Crippen LogP contribution in [0.2, 0.25) is 5.02 Å². The summed E-state index contributed by atoms with van der Waals surface area (Å²) in [4.78, 5) is 36.9. The number of hydrogen-bond acceptors (Lipinski definition) is 6. The maximum Gasteiger partial charge on any atom is 0.272 e. The van der Waals surface area contributed by atoms with Gasteiger partial charge in [-0.25, -0.2) is 0 Å². The number of pyridine rings is 1. The molecule has 42 heavy (non-hydrogen) atoms. The number of hydrogen-bond donors (Lipinski definition) is 1. The van der Waals surface area contributed by atoms with E-state index in [-0.39, 0.29) is 24.2 Å². The number of carbonyl (C=O) groups excluding carboxylic acids is 1. The fourth-order valence-electron chi connectivity index (χ4n) is 6.52. The fourth-order valence-corrected chi connectivity index (χ4v) is 6.69. The van der Waals surface area contributed by atoms with Crippen LogP contribution in [0.15, 0.2) is 71.5 Å². The van der Waals surface area contributed by atoms with Gasteiger partial charge >= 0.3 is 0 Å². The average Bonchev–Trinajstić information content (AvgIpc) is 3.49. The number of piperazine rings is 1. The van der Waals surface area contributed by atoms with Gasteiger partial charge in [-0.05, 0) is 54.3 Å². The van der Waals surface area contributed by atoms with E-state index in [0.717, 1.165) is 72.5 Å². The van der Waals surface area contributed by atoms with Crippen LogP contribution in [0.1, 0.15) is 18.4 Å². The van der Waals surface area contributed by atoms with Gasteiger partial charge in [0.25, 0.3) is 5.56 Å². The third-order valence-electron chi connectivity index (χ3n) is 8.63. The molecule has 0 bridgehead atoms. The van der Waals surface area contributed by atoms with E-state index < -0.39 is 0 Å². The molecule has 0 unspecified atom stereocenters. The Morgan fingerprint density at radius 3 is 2.57 bits per heavy atom. The summed E-state index contributed by atoms with van der Waals surface area (Å²) in [5.41, 5.74) is 4.21. The average molecular weight is 585 g/mol. The van der Waals surface area contributed by atoms with Crippen molar-refractivity contribution in [1.29, 1.82) is 0 Å². The first-order valence-electron chi connectivity index (χ1n) is 14.6. The van der Waals surface area contributed by atoms with E-state index in [0.29, 0.717) is 30.3 Å². The number of halogens is 1. The molecule has 8 nitrogen and oxygen atoms in total. The molecule has 3 aliphatic rings. The summed E-state index contributed by atoms with van der Waals surface area (Å²) in [5, 5.41) is 1.51. The molecular formula is C33H33ClN4O4. The highest BCUT2D eigenvalue weighted by atomic mass is 35.5. The zero-order valence-electron chi connectivity index (χ0n) is 23.4. The van der Waals surface area contributed by atoms with Crippen molar-refractivity contribution >= 4 is 34.1 Å². The van der Waals surface area contributed by atoms with Crippen LogP contribution in [0.5, 0.6) is 11.5 Å². The van der Waals surface area contributed by atoms with Crippen LogP contribution in [-0.2, 0) is 11.3 Å². The number of H-pyrrole nitrogens is 1. The highest BCUT2D eigenvalue weighted by Crippen LogP contribution is 2.37. The molecule has 1 aromatic heterocycles. The third kappa shape index (κ3) is 5.21. The second kappa shape index (κ2) is 11.3. The maximum absolute atomic E-state index is 13.8. The maximum atomic E-state index is 13.8. The quantitative estimate of drug-likeness (QED) is 0.350. The minimum atomic E-state index is -0.155. The highest BCUT2D eigenvalue weighted by Gasteiger charge is 2.33. The Labute approximate surface area is 249 Å². The molecule has 0 saturated carbocycles. The van der Waals surface area contributed by atoms with E-state index >= 15 is 0 Å². The number of piperidine rings is 1. The molecule has 0 aliphatic carbocycles. The van der Waals surface area contributed by atoms with Gasteiger partial charge in [0.2, 0.25) is 12.7 Å². The topological polar surface area (TPSA) is 78.1 Å². The lowest BCUT2D eigenvalue weighted by Crippen LogP contribution is -2.52. The second-order valence-electron chi connectivity index (χ2n) is 11.3. The summed E-state index contributed by atoms with van der Waals surface area (Å²) >= 11 is 6.41. The van der Waals surface area contributed by atoms with Crippen LogP contribution in [0, 0.1) is 5.92 Å². The molecule has 7 rings (SSSR count). The van der Waals surface area contributed by atoms with E-state index in [1.54, 1.807) is 6.07 Å². The summed E-state index contributed by atoms with van der Waals surface area (Å²) in [6, 6.07) is 21.6. The number of rotatable bonds is 5. The normalized spacial score (nSPS) is 18.9. The van der Waals surface area contributed by atoms with E-state index in [1.807, 2.05) is 59.5 Å². The number of benzene rings is 3. The summed E-state index contributed by atoms with van der Waals surface area (Å²) < 4.78 is 11.0. The monoisotopic (exact) mass is 584 g/mol. The molecule has 1 amide bonds. The number of nitrogens with zero attached hydrogens (tertiary/aromatic N) is 3. The molecule has 2 saturated heterocycles. The van der Waals surface area contributed by atoms with Crippen LogP contribution in [0.25, 0.3) is 22.0 Å².